The lowest BCUT2D eigenvalue weighted by atomic mass is 9.63. The van der Waals surface area contributed by atoms with Gasteiger partial charge in [0.25, 0.3) is 0 Å². The summed E-state index contributed by atoms with van der Waals surface area (Å²) in [5.74, 6) is 0.392. The third kappa shape index (κ3) is 4.85. The Kier molecular flexibility index (Phi) is 6.77. The fraction of sp³-hybridized carbons (Fsp3) is 0.414. The van der Waals surface area contributed by atoms with Crippen molar-refractivity contribution in [2.45, 2.75) is 63.1 Å². The number of hydrogen-bond acceptors (Lipinski definition) is 7. The van der Waals surface area contributed by atoms with E-state index in [-0.39, 0.29) is 23.4 Å². The Morgan fingerprint density at radius 1 is 1.05 bits per heavy atom. The number of carbonyl (C=O) groups is 2. The summed E-state index contributed by atoms with van der Waals surface area (Å²) in [7, 11) is 1.39. The summed E-state index contributed by atoms with van der Waals surface area (Å²) in [5.41, 5.74) is 3.39. The van der Waals surface area contributed by atoms with Gasteiger partial charge in [-0.3, -0.25) is 10.1 Å². The Morgan fingerprint density at radius 3 is 2.38 bits per heavy atom. The molecule has 2 bridgehead atoms. The number of anilines is 1. The average Bonchev–Trinajstić information content (AvgIpc) is 3.30. The van der Waals surface area contributed by atoms with Crippen LogP contribution in [0.5, 0.6) is 0 Å². The predicted molar refractivity (Wildman–Crippen MR) is 136 cm³/mol. The third-order valence-electron chi connectivity index (χ3n) is 7.82. The summed E-state index contributed by atoms with van der Waals surface area (Å²) in [5, 5.41) is 7.06. The first-order valence-electron chi connectivity index (χ1n) is 12.6. The molecule has 3 aromatic rings. The Hall–Kier alpha value is -3.65. The van der Waals surface area contributed by atoms with Crippen LogP contribution in [-0.2, 0) is 36.4 Å². The van der Waals surface area contributed by atoms with Gasteiger partial charge >= 0.3 is 12.1 Å². The monoisotopic (exact) mass is 504 g/mol. The summed E-state index contributed by atoms with van der Waals surface area (Å²) < 4.78 is 22.7. The number of esters is 1. The van der Waals surface area contributed by atoms with Crippen LogP contribution in [0.4, 0.5) is 10.5 Å². The average molecular weight is 505 g/mol. The van der Waals surface area contributed by atoms with E-state index in [0.29, 0.717) is 23.7 Å². The molecule has 0 unspecified atom stereocenters. The molecule has 2 aromatic carbocycles. The molecule has 1 aromatic heterocycles. The highest BCUT2D eigenvalue weighted by molar-refractivity contribution is 5.86. The van der Waals surface area contributed by atoms with Gasteiger partial charge in [0.15, 0.2) is 5.76 Å². The predicted octanol–water partition coefficient (Wildman–Crippen LogP) is 5.75. The fourth-order valence-corrected chi connectivity index (χ4v) is 5.49. The molecule has 2 aliphatic heterocycles. The van der Waals surface area contributed by atoms with E-state index in [1.807, 2.05) is 68.4 Å². The summed E-state index contributed by atoms with van der Waals surface area (Å²) in [6.07, 6.45) is 2.63. The molecule has 1 atom stereocenters. The van der Waals surface area contributed by atoms with Crippen LogP contribution in [0, 0.1) is 6.92 Å². The second kappa shape index (κ2) is 10.0. The van der Waals surface area contributed by atoms with Crippen LogP contribution in [0.3, 0.4) is 0 Å². The zero-order valence-electron chi connectivity index (χ0n) is 21.4. The number of rotatable bonds is 7. The van der Waals surface area contributed by atoms with Crippen molar-refractivity contribution in [2.24, 2.45) is 0 Å². The highest BCUT2D eigenvalue weighted by atomic mass is 16.6. The van der Waals surface area contributed by atoms with E-state index in [1.54, 1.807) is 0 Å². The van der Waals surface area contributed by atoms with Gasteiger partial charge < -0.3 is 18.7 Å². The van der Waals surface area contributed by atoms with Crippen LogP contribution in [0.1, 0.15) is 66.9 Å². The molecule has 0 radical (unpaired) electrons. The zero-order chi connectivity index (χ0) is 26.0. The van der Waals surface area contributed by atoms with Crippen LogP contribution >= 0.6 is 0 Å². The zero-order valence-corrected chi connectivity index (χ0v) is 21.4. The van der Waals surface area contributed by atoms with Gasteiger partial charge in [-0.15, -0.1) is 0 Å². The van der Waals surface area contributed by atoms with Crippen molar-refractivity contribution in [3.8, 4) is 0 Å². The van der Waals surface area contributed by atoms with Gasteiger partial charge in [-0.1, -0.05) is 59.8 Å². The van der Waals surface area contributed by atoms with Crippen molar-refractivity contribution in [3.05, 3.63) is 82.7 Å². The Labute approximate surface area is 216 Å². The first-order chi connectivity index (χ1) is 17.8. The summed E-state index contributed by atoms with van der Waals surface area (Å²) >= 11 is 0. The number of amides is 1. The molecule has 8 nitrogen and oxygen atoms in total. The first-order valence-corrected chi connectivity index (χ1v) is 12.6. The van der Waals surface area contributed by atoms with Gasteiger partial charge in [-0.25, -0.2) is 4.79 Å². The lowest BCUT2D eigenvalue weighted by Crippen LogP contribution is -2.51. The highest BCUT2D eigenvalue weighted by Gasteiger charge is 2.54. The molecular formula is C29H32N2O6. The molecule has 2 saturated heterocycles. The minimum atomic E-state index is -0.547. The van der Waals surface area contributed by atoms with E-state index in [1.165, 1.54) is 7.11 Å². The quantitative estimate of drug-likeness (QED) is 0.409. The summed E-state index contributed by atoms with van der Waals surface area (Å²) in [6, 6.07) is 17.6. The molecular weight excluding hydrogens is 472 g/mol. The molecule has 8 heteroatoms. The van der Waals surface area contributed by atoms with E-state index in [2.05, 4.69) is 10.5 Å². The number of aromatic nitrogens is 1. The number of fused-ring (bicyclic) bond motifs is 3. The Morgan fingerprint density at radius 2 is 1.76 bits per heavy atom. The van der Waals surface area contributed by atoms with Crippen LogP contribution in [-0.4, -0.2) is 30.9 Å². The van der Waals surface area contributed by atoms with Gasteiger partial charge in [0, 0.05) is 0 Å². The second-order valence-electron chi connectivity index (χ2n) is 10.1. The largest absolute Gasteiger partial charge is 0.469 e. The second-order valence-corrected chi connectivity index (χ2v) is 10.1. The summed E-state index contributed by atoms with van der Waals surface area (Å²) in [6.45, 7) is 4.12. The molecule has 37 heavy (non-hydrogen) atoms. The number of ether oxygens (including phenoxy) is 3. The van der Waals surface area contributed by atoms with Crippen LogP contribution in [0.2, 0.25) is 0 Å². The van der Waals surface area contributed by atoms with Gasteiger partial charge in [-0.05, 0) is 56.2 Å². The number of benzene rings is 2. The minimum absolute atomic E-state index is 0.251. The van der Waals surface area contributed by atoms with E-state index in [9.17, 15) is 9.59 Å². The molecule has 6 rings (SSSR count). The number of nitrogens with one attached hydrogen (secondary N) is 1. The molecule has 1 aliphatic carbocycles. The van der Waals surface area contributed by atoms with Crippen molar-refractivity contribution in [3.63, 3.8) is 0 Å². The molecule has 3 heterocycles. The van der Waals surface area contributed by atoms with E-state index >= 15 is 0 Å². The SMILES string of the molecule is COC(=O)Cc1ccc(C23CCC(c4onc(C)c4NC(=O)O[C@H](C)c4ccccc4)(CC2)CO3)cc1. The number of methoxy groups -OCH3 is 1. The van der Waals surface area contributed by atoms with Crippen molar-refractivity contribution in [1.82, 2.24) is 5.16 Å². The lowest BCUT2D eigenvalue weighted by Gasteiger charge is -2.52. The molecule has 0 spiro atoms. The maximum atomic E-state index is 12.8. The van der Waals surface area contributed by atoms with E-state index in [4.69, 9.17) is 18.7 Å². The van der Waals surface area contributed by atoms with Gasteiger partial charge in [0.05, 0.1) is 31.2 Å². The molecule has 1 saturated carbocycles. The molecule has 3 aliphatic rings. The minimum Gasteiger partial charge on any atom is -0.469 e. The van der Waals surface area contributed by atoms with Gasteiger partial charge in [0.2, 0.25) is 0 Å². The number of hydrogen-bond donors (Lipinski definition) is 1. The van der Waals surface area contributed by atoms with Crippen molar-refractivity contribution in [1.29, 1.82) is 0 Å². The molecule has 3 fully saturated rings. The van der Waals surface area contributed by atoms with E-state index < -0.39 is 12.2 Å². The molecule has 1 amide bonds. The van der Waals surface area contributed by atoms with Gasteiger partial charge in [-0.2, -0.15) is 0 Å². The summed E-state index contributed by atoms with van der Waals surface area (Å²) in [4.78, 5) is 24.4. The number of aryl methyl sites for hydroxylation is 1. The third-order valence-corrected chi connectivity index (χ3v) is 7.82. The van der Waals surface area contributed by atoms with Crippen LogP contribution < -0.4 is 5.32 Å². The van der Waals surface area contributed by atoms with Crippen LogP contribution in [0.25, 0.3) is 0 Å². The molecule has 194 valence electrons. The van der Waals surface area contributed by atoms with Crippen molar-refractivity contribution in [2.75, 3.05) is 19.0 Å². The lowest BCUT2D eigenvalue weighted by molar-refractivity contribution is -0.167. The standard InChI is InChI=1S/C29H32N2O6/c1-19-25(30-27(33)36-20(2)22-7-5-4-6-8-22)26(37-31-19)28-13-15-29(16-14-28,35-18-28)23-11-9-21(10-12-23)17-24(32)34-3/h4-12,20H,13-18H2,1-3H3,(H,30,33)/t20-,28?,29?/m1/s1. The Bertz CT molecular complexity index is 1240. The topological polar surface area (TPSA) is 99.9 Å². The molecule has 1 N–H and O–H groups in total. The number of carbonyl (C=O) groups excluding carboxylic acids is 2. The fourth-order valence-electron chi connectivity index (χ4n) is 5.49. The van der Waals surface area contributed by atoms with Crippen molar-refractivity contribution < 1.29 is 28.3 Å². The van der Waals surface area contributed by atoms with E-state index in [0.717, 1.165) is 42.4 Å². The maximum absolute atomic E-state index is 12.8. The van der Waals surface area contributed by atoms with Crippen molar-refractivity contribution >= 4 is 17.7 Å². The highest BCUT2D eigenvalue weighted by Crippen LogP contribution is 2.56. The smallest absolute Gasteiger partial charge is 0.412 e. The first kappa shape index (κ1) is 25.0. The number of nitrogens with zero attached hydrogens (tertiary/aromatic N) is 1. The maximum Gasteiger partial charge on any atom is 0.412 e. The normalized spacial score (nSPS) is 23.3. The Balaban J connectivity index is 1.28. The van der Waals surface area contributed by atoms with Gasteiger partial charge in [0.1, 0.15) is 17.5 Å². The van der Waals surface area contributed by atoms with Crippen LogP contribution in [0.15, 0.2) is 59.1 Å².